The zero-order valence-electron chi connectivity index (χ0n) is 16.8. The first-order valence-corrected chi connectivity index (χ1v) is 10.3. The van der Waals surface area contributed by atoms with E-state index in [2.05, 4.69) is 31.0 Å². The van der Waals surface area contributed by atoms with Gasteiger partial charge in [0.25, 0.3) is 0 Å². The number of hydrogen-bond acceptors (Lipinski definition) is 3. The number of carbonyl (C=O) groups is 2. The maximum Gasteiger partial charge on any atom is 0.222 e. The molecule has 1 saturated carbocycles. The summed E-state index contributed by atoms with van der Waals surface area (Å²) >= 11 is 0. The van der Waals surface area contributed by atoms with Crippen molar-refractivity contribution in [1.29, 1.82) is 0 Å². The van der Waals surface area contributed by atoms with E-state index in [9.17, 15) is 9.59 Å². The van der Waals surface area contributed by atoms with Crippen LogP contribution in [-0.4, -0.2) is 34.8 Å². The number of rotatable bonds is 5. The molecule has 1 aromatic heterocycles. The molecule has 148 valence electrons. The smallest absolute Gasteiger partial charge is 0.222 e. The summed E-state index contributed by atoms with van der Waals surface area (Å²) in [5.74, 6) is 1.21. The molecular weight excluding hydrogens is 340 g/mol. The minimum Gasteiger partial charge on any atom is -0.469 e. The first-order valence-electron chi connectivity index (χ1n) is 10.3. The molecule has 3 aliphatic rings. The molecule has 2 saturated heterocycles. The van der Waals surface area contributed by atoms with Crippen molar-refractivity contribution in [2.75, 3.05) is 6.54 Å². The molecule has 1 N–H and O–H groups in total. The van der Waals surface area contributed by atoms with E-state index in [0.717, 1.165) is 31.6 Å². The van der Waals surface area contributed by atoms with Crippen molar-refractivity contribution in [3.05, 3.63) is 24.2 Å². The van der Waals surface area contributed by atoms with E-state index in [4.69, 9.17) is 4.42 Å². The van der Waals surface area contributed by atoms with E-state index >= 15 is 0 Å². The number of hydrogen-bond donors (Lipinski definition) is 1. The molecule has 5 heteroatoms. The van der Waals surface area contributed by atoms with Gasteiger partial charge in [0.2, 0.25) is 11.8 Å². The van der Waals surface area contributed by atoms with Gasteiger partial charge < -0.3 is 14.6 Å². The van der Waals surface area contributed by atoms with Gasteiger partial charge in [0.1, 0.15) is 5.76 Å². The summed E-state index contributed by atoms with van der Waals surface area (Å²) in [6.07, 6.45) is 8.24. The van der Waals surface area contributed by atoms with Crippen LogP contribution >= 0.6 is 0 Å². The van der Waals surface area contributed by atoms with E-state index in [1.54, 1.807) is 6.26 Å². The van der Waals surface area contributed by atoms with Crippen LogP contribution < -0.4 is 5.32 Å². The fourth-order valence-electron chi connectivity index (χ4n) is 6.17. The minimum absolute atomic E-state index is 0.0836. The minimum atomic E-state index is -0.345. The van der Waals surface area contributed by atoms with Crippen molar-refractivity contribution in [3.8, 4) is 0 Å². The highest BCUT2D eigenvalue weighted by Crippen LogP contribution is 2.52. The molecule has 3 fully saturated rings. The zero-order valence-corrected chi connectivity index (χ0v) is 16.8. The fraction of sp³-hybridized carbons (Fsp3) is 0.727. The number of nitrogens with zero attached hydrogens (tertiary/aromatic N) is 1. The highest BCUT2D eigenvalue weighted by atomic mass is 16.3. The predicted molar refractivity (Wildman–Crippen MR) is 103 cm³/mol. The first-order chi connectivity index (χ1) is 12.7. The van der Waals surface area contributed by atoms with Crippen LogP contribution in [0.5, 0.6) is 0 Å². The molecule has 27 heavy (non-hydrogen) atoms. The summed E-state index contributed by atoms with van der Waals surface area (Å²) in [7, 11) is 0. The molecule has 0 aromatic carbocycles. The van der Waals surface area contributed by atoms with Crippen molar-refractivity contribution in [2.45, 2.75) is 83.7 Å². The van der Waals surface area contributed by atoms with E-state index in [-0.39, 0.29) is 22.8 Å². The Morgan fingerprint density at radius 1 is 1.33 bits per heavy atom. The van der Waals surface area contributed by atoms with Crippen LogP contribution in [0.2, 0.25) is 0 Å². The molecule has 2 bridgehead atoms. The van der Waals surface area contributed by atoms with E-state index in [0.29, 0.717) is 37.1 Å². The van der Waals surface area contributed by atoms with Crippen LogP contribution in [-0.2, 0) is 16.0 Å². The summed E-state index contributed by atoms with van der Waals surface area (Å²) in [6, 6.07) is 4.20. The van der Waals surface area contributed by atoms with Gasteiger partial charge in [0.15, 0.2) is 0 Å². The largest absolute Gasteiger partial charge is 0.469 e. The number of nitrogens with one attached hydrogen (secondary N) is 1. The second kappa shape index (κ2) is 6.39. The fourth-order valence-corrected chi connectivity index (χ4v) is 6.17. The molecule has 1 aliphatic carbocycles. The number of fused-ring (bicyclic) bond motifs is 2. The topological polar surface area (TPSA) is 62.6 Å². The van der Waals surface area contributed by atoms with Crippen LogP contribution in [0.3, 0.4) is 0 Å². The van der Waals surface area contributed by atoms with Gasteiger partial charge in [-0.05, 0) is 55.1 Å². The highest BCUT2D eigenvalue weighted by molar-refractivity contribution is 5.80. The third-order valence-corrected chi connectivity index (χ3v) is 6.88. The van der Waals surface area contributed by atoms with E-state index in [1.165, 1.54) is 6.42 Å². The quantitative estimate of drug-likeness (QED) is 0.858. The van der Waals surface area contributed by atoms with Crippen LogP contribution in [0, 0.1) is 10.8 Å². The molecule has 1 aromatic rings. The van der Waals surface area contributed by atoms with Crippen molar-refractivity contribution in [1.82, 2.24) is 10.2 Å². The van der Waals surface area contributed by atoms with Crippen molar-refractivity contribution < 1.29 is 14.0 Å². The third-order valence-electron chi connectivity index (χ3n) is 6.88. The lowest BCUT2D eigenvalue weighted by molar-refractivity contribution is -0.133. The highest BCUT2D eigenvalue weighted by Gasteiger charge is 2.51. The molecule has 3 heterocycles. The summed E-state index contributed by atoms with van der Waals surface area (Å²) < 4.78 is 5.51. The Morgan fingerprint density at radius 2 is 2.15 bits per heavy atom. The number of furan rings is 1. The van der Waals surface area contributed by atoms with Gasteiger partial charge in [0, 0.05) is 37.4 Å². The van der Waals surface area contributed by atoms with Gasteiger partial charge in [-0.2, -0.15) is 0 Å². The second-order valence-corrected chi connectivity index (χ2v) is 10.3. The van der Waals surface area contributed by atoms with Crippen LogP contribution in [0.25, 0.3) is 0 Å². The third kappa shape index (κ3) is 3.78. The summed E-state index contributed by atoms with van der Waals surface area (Å²) in [5, 5.41) is 3.15. The van der Waals surface area contributed by atoms with Gasteiger partial charge in [0.05, 0.1) is 6.26 Å². The van der Waals surface area contributed by atoms with Crippen molar-refractivity contribution in [2.24, 2.45) is 10.8 Å². The Kier molecular flexibility index (Phi) is 4.39. The Morgan fingerprint density at radius 3 is 2.81 bits per heavy atom. The molecule has 0 unspecified atom stereocenters. The maximum atomic E-state index is 13.1. The van der Waals surface area contributed by atoms with Crippen LogP contribution in [0.15, 0.2) is 22.8 Å². The van der Waals surface area contributed by atoms with E-state index < -0.39 is 0 Å². The summed E-state index contributed by atoms with van der Waals surface area (Å²) in [5.41, 5.74) is 0.227. The lowest BCUT2D eigenvalue weighted by atomic mass is 9.65. The molecule has 3 atom stereocenters. The van der Waals surface area contributed by atoms with E-state index in [1.807, 2.05) is 12.1 Å². The normalized spacial score (nSPS) is 34.7. The Labute approximate surface area is 161 Å². The SMILES string of the molecule is CC1(C)C[C@H]2C[C@](C)(CN2C(=O)CC[C@]2(Cc3ccco3)CCC(=O)N2)C1. The average Bonchev–Trinajstić information content (AvgIpc) is 3.24. The Hall–Kier alpha value is -1.78. The van der Waals surface area contributed by atoms with Gasteiger partial charge >= 0.3 is 0 Å². The zero-order chi connectivity index (χ0) is 19.3. The number of likely N-dealkylation sites (tertiary alicyclic amines) is 1. The summed E-state index contributed by atoms with van der Waals surface area (Å²) in [4.78, 5) is 27.2. The van der Waals surface area contributed by atoms with Gasteiger partial charge in [-0.15, -0.1) is 0 Å². The number of carbonyl (C=O) groups excluding carboxylic acids is 2. The lowest BCUT2D eigenvalue weighted by Gasteiger charge is -2.39. The molecule has 4 rings (SSSR count). The van der Waals surface area contributed by atoms with Crippen LogP contribution in [0.1, 0.15) is 71.5 Å². The lowest BCUT2D eigenvalue weighted by Crippen LogP contribution is -2.45. The standard InChI is InChI=1S/C22H32N2O3/c1-20(2)11-16-12-21(3,14-20)15-24(16)19(26)7-9-22(8-6-18(25)23-22)13-17-5-4-10-27-17/h4-5,10,16H,6-9,11-15H2,1-3H3,(H,23,25)/t16-,21-,22-/m0/s1. The monoisotopic (exact) mass is 372 g/mol. The van der Waals surface area contributed by atoms with Crippen LogP contribution in [0.4, 0.5) is 0 Å². The predicted octanol–water partition coefficient (Wildman–Crippen LogP) is 3.68. The van der Waals surface area contributed by atoms with Gasteiger partial charge in [-0.25, -0.2) is 0 Å². The Balaban J connectivity index is 1.42. The van der Waals surface area contributed by atoms with Gasteiger partial charge in [-0.1, -0.05) is 20.8 Å². The molecule has 5 nitrogen and oxygen atoms in total. The second-order valence-electron chi connectivity index (χ2n) is 10.3. The number of amides is 2. The molecular formula is C22H32N2O3. The molecule has 0 radical (unpaired) electrons. The first kappa shape index (κ1) is 18.6. The van der Waals surface area contributed by atoms with Gasteiger partial charge in [-0.3, -0.25) is 9.59 Å². The Bertz CT molecular complexity index is 726. The molecule has 2 aliphatic heterocycles. The van der Waals surface area contributed by atoms with Crippen molar-refractivity contribution in [3.63, 3.8) is 0 Å². The summed E-state index contributed by atoms with van der Waals surface area (Å²) in [6.45, 7) is 7.89. The molecule has 2 amide bonds. The maximum absolute atomic E-state index is 13.1. The van der Waals surface area contributed by atoms with Crippen molar-refractivity contribution >= 4 is 11.8 Å². The molecule has 0 spiro atoms. The average molecular weight is 373 g/mol.